The monoisotopic (exact) mass is 300 g/mol. The topological polar surface area (TPSA) is 105 Å². The van der Waals surface area contributed by atoms with Gasteiger partial charge in [0.1, 0.15) is 6.04 Å². The summed E-state index contributed by atoms with van der Waals surface area (Å²) in [5, 5.41) is 15.7. The van der Waals surface area contributed by atoms with Gasteiger partial charge in [0.25, 0.3) is 0 Å². The third-order valence-corrected chi connectivity index (χ3v) is 3.35. The minimum Gasteiger partial charge on any atom is -0.480 e. The Kier molecular flexibility index (Phi) is 6.51. The Morgan fingerprint density at radius 1 is 1.45 bits per heavy atom. The zero-order valence-corrected chi connectivity index (χ0v) is 11.7. The number of thiophene rings is 1. The molecule has 0 aromatic carbocycles. The summed E-state index contributed by atoms with van der Waals surface area (Å²) in [5.74, 6) is -1.71. The lowest BCUT2D eigenvalue weighted by Gasteiger charge is -2.14. The van der Waals surface area contributed by atoms with Crippen LogP contribution >= 0.6 is 11.3 Å². The number of carbonyl (C=O) groups excluding carboxylic acids is 2. The second-order valence-corrected chi connectivity index (χ2v) is 4.94. The van der Waals surface area contributed by atoms with E-state index in [1.807, 2.05) is 17.5 Å². The van der Waals surface area contributed by atoms with Gasteiger partial charge in [0.05, 0.1) is 13.7 Å². The molecule has 1 aromatic heterocycles. The molecular weight excluding hydrogens is 284 g/mol. The molecule has 1 rings (SSSR count). The number of carboxylic acid groups (broad SMARTS) is 1. The third kappa shape index (κ3) is 5.70. The van der Waals surface area contributed by atoms with Gasteiger partial charge in [-0.05, 0) is 17.9 Å². The van der Waals surface area contributed by atoms with Crippen LogP contribution in [0.1, 0.15) is 17.7 Å². The van der Waals surface area contributed by atoms with E-state index in [-0.39, 0.29) is 12.8 Å². The molecule has 1 aromatic rings. The molecule has 1 heterocycles. The van der Waals surface area contributed by atoms with E-state index >= 15 is 0 Å². The van der Waals surface area contributed by atoms with E-state index in [2.05, 4.69) is 15.4 Å². The van der Waals surface area contributed by atoms with Crippen molar-refractivity contribution in [2.24, 2.45) is 0 Å². The van der Waals surface area contributed by atoms with Gasteiger partial charge >= 0.3 is 18.0 Å². The molecule has 0 saturated carbocycles. The van der Waals surface area contributed by atoms with Gasteiger partial charge in [0, 0.05) is 11.3 Å². The van der Waals surface area contributed by atoms with E-state index in [9.17, 15) is 14.4 Å². The first kappa shape index (κ1) is 16.0. The lowest BCUT2D eigenvalue weighted by Crippen LogP contribution is -2.45. The molecule has 0 radical (unpaired) electrons. The minimum absolute atomic E-state index is 0.0194. The molecule has 0 aliphatic rings. The van der Waals surface area contributed by atoms with Crippen LogP contribution in [-0.4, -0.2) is 36.2 Å². The molecule has 0 saturated heterocycles. The smallest absolute Gasteiger partial charge is 0.326 e. The van der Waals surface area contributed by atoms with Crippen molar-refractivity contribution in [3.05, 3.63) is 22.4 Å². The average Bonchev–Trinajstić information content (AvgIpc) is 2.93. The van der Waals surface area contributed by atoms with E-state index < -0.39 is 24.0 Å². The summed E-state index contributed by atoms with van der Waals surface area (Å²) in [4.78, 5) is 34.5. The summed E-state index contributed by atoms with van der Waals surface area (Å²) in [7, 11) is 1.22. The zero-order valence-electron chi connectivity index (χ0n) is 10.9. The van der Waals surface area contributed by atoms with E-state index in [4.69, 9.17) is 5.11 Å². The number of hydrogen-bond acceptors (Lipinski definition) is 5. The Hall–Kier alpha value is -2.09. The van der Waals surface area contributed by atoms with Crippen LogP contribution in [0.2, 0.25) is 0 Å². The van der Waals surface area contributed by atoms with Crippen molar-refractivity contribution in [2.75, 3.05) is 7.11 Å². The summed E-state index contributed by atoms with van der Waals surface area (Å²) in [5.41, 5.74) is 0. The van der Waals surface area contributed by atoms with Crippen LogP contribution in [-0.2, 0) is 20.9 Å². The predicted molar refractivity (Wildman–Crippen MR) is 72.4 cm³/mol. The van der Waals surface area contributed by atoms with Gasteiger partial charge in [0.2, 0.25) is 0 Å². The van der Waals surface area contributed by atoms with Crippen LogP contribution in [0, 0.1) is 0 Å². The van der Waals surface area contributed by atoms with E-state index in [1.165, 1.54) is 18.4 Å². The van der Waals surface area contributed by atoms with E-state index in [0.29, 0.717) is 6.54 Å². The molecule has 2 amide bonds. The second-order valence-electron chi connectivity index (χ2n) is 3.91. The van der Waals surface area contributed by atoms with Crippen LogP contribution in [0.15, 0.2) is 17.5 Å². The average molecular weight is 300 g/mol. The molecule has 0 fully saturated rings. The SMILES string of the molecule is COC(=O)CC[C@@H](NC(=O)NCc1cccs1)C(=O)O. The summed E-state index contributed by atoms with van der Waals surface area (Å²) >= 11 is 1.49. The van der Waals surface area contributed by atoms with Crippen LogP contribution in [0.25, 0.3) is 0 Å². The molecule has 8 heteroatoms. The van der Waals surface area contributed by atoms with Crippen LogP contribution in [0.5, 0.6) is 0 Å². The zero-order chi connectivity index (χ0) is 15.0. The van der Waals surface area contributed by atoms with Crippen molar-refractivity contribution in [3.8, 4) is 0 Å². The number of carboxylic acids is 1. The molecule has 7 nitrogen and oxygen atoms in total. The highest BCUT2D eigenvalue weighted by molar-refractivity contribution is 7.09. The molecule has 0 bridgehead atoms. The number of carbonyl (C=O) groups is 3. The van der Waals surface area contributed by atoms with Crippen molar-refractivity contribution in [3.63, 3.8) is 0 Å². The summed E-state index contributed by atoms with van der Waals surface area (Å²) in [6.07, 6.45) is -0.0902. The second kappa shape index (κ2) is 8.16. The first-order valence-corrected chi connectivity index (χ1v) is 6.77. The third-order valence-electron chi connectivity index (χ3n) is 2.47. The molecule has 0 aliphatic heterocycles. The molecule has 110 valence electrons. The van der Waals surface area contributed by atoms with Gasteiger partial charge in [-0.25, -0.2) is 9.59 Å². The number of ether oxygens (including phenoxy) is 1. The number of methoxy groups -OCH3 is 1. The number of nitrogens with one attached hydrogen (secondary N) is 2. The van der Waals surface area contributed by atoms with Gasteiger partial charge in [-0.3, -0.25) is 4.79 Å². The highest BCUT2D eigenvalue weighted by atomic mass is 32.1. The van der Waals surface area contributed by atoms with Crippen molar-refractivity contribution >= 4 is 29.3 Å². The first-order valence-electron chi connectivity index (χ1n) is 5.89. The predicted octanol–water partition coefficient (Wildman–Crippen LogP) is 0.954. The van der Waals surface area contributed by atoms with Gasteiger partial charge in [-0.1, -0.05) is 6.07 Å². The van der Waals surface area contributed by atoms with Gasteiger partial charge in [0.15, 0.2) is 0 Å². The van der Waals surface area contributed by atoms with Crippen molar-refractivity contribution in [1.82, 2.24) is 10.6 Å². The molecule has 0 spiro atoms. The standard InChI is InChI=1S/C12H16N2O5S/c1-19-10(15)5-4-9(11(16)17)14-12(18)13-7-8-3-2-6-20-8/h2-3,6,9H,4-5,7H2,1H3,(H,16,17)(H2,13,14,18)/t9-/m1/s1. The molecule has 3 N–H and O–H groups in total. The van der Waals surface area contributed by atoms with E-state index in [1.54, 1.807) is 0 Å². The fraction of sp³-hybridized carbons (Fsp3) is 0.417. The lowest BCUT2D eigenvalue weighted by molar-refractivity contribution is -0.142. The molecule has 0 aliphatic carbocycles. The van der Waals surface area contributed by atoms with Crippen molar-refractivity contribution < 1.29 is 24.2 Å². The summed E-state index contributed by atoms with van der Waals surface area (Å²) in [6, 6.07) is 2.00. The van der Waals surface area contributed by atoms with Gasteiger partial charge < -0.3 is 20.5 Å². The molecular formula is C12H16N2O5S. The number of aliphatic carboxylic acids is 1. The highest BCUT2D eigenvalue weighted by Crippen LogP contribution is 2.07. The first-order chi connectivity index (χ1) is 9.52. The Morgan fingerprint density at radius 3 is 2.75 bits per heavy atom. The van der Waals surface area contributed by atoms with Crippen LogP contribution in [0.4, 0.5) is 4.79 Å². The van der Waals surface area contributed by atoms with Gasteiger partial charge in [-0.2, -0.15) is 0 Å². The van der Waals surface area contributed by atoms with Gasteiger partial charge in [-0.15, -0.1) is 11.3 Å². The Morgan fingerprint density at radius 2 is 2.20 bits per heavy atom. The quantitative estimate of drug-likeness (QED) is 0.650. The van der Waals surface area contributed by atoms with Crippen LogP contribution < -0.4 is 10.6 Å². The number of rotatable bonds is 7. The molecule has 20 heavy (non-hydrogen) atoms. The maximum absolute atomic E-state index is 11.6. The largest absolute Gasteiger partial charge is 0.480 e. The molecule has 0 unspecified atom stereocenters. The number of urea groups is 1. The van der Waals surface area contributed by atoms with Crippen LogP contribution in [0.3, 0.4) is 0 Å². The minimum atomic E-state index is -1.19. The fourth-order valence-corrected chi connectivity index (χ4v) is 2.06. The Balaban J connectivity index is 2.38. The highest BCUT2D eigenvalue weighted by Gasteiger charge is 2.21. The van der Waals surface area contributed by atoms with E-state index in [0.717, 1.165) is 4.88 Å². The Bertz CT molecular complexity index is 460. The normalized spacial score (nSPS) is 11.4. The fourth-order valence-electron chi connectivity index (χ4n) is 1.41. The summed E-state index contributed by atoms with van der Waals surface area (Å²) < 4.78 is 4.42. The van der Waals surface area contributed by atoms with Crippen molar-refractivity contribution in [1.29, 1.82) is 0 Å². The lowest BCUT2D eigenvalue weighted by atomic mass is 10.1. The number of esters is 1. The summed E-state index contributed by atoms with van der Waals surface area (Å²) in [6.45, 7) is 0.326. The Labute approximate surface area is 119 Å². The van der Waals surface area contributed by atoms with Crippen molar-refractivity contribution in [2.45, 2.75) is 25.4 Å². The maximum Gasteiger partial charge on any atom is 0.326 e. The number of amides is 2. The maximum atomic E-state index is 11.6. The number of hydrogen-bond donors (Lipinski definition) is 3. The molecule has 1 atom stereocenters.